The number of nitrogens with zero attached hydrogens (tertiary/aromatic N) is 1. The zero-order chi connectivity index (χ0) is 11.7. The van der Waals surface area contributed by atoms with E-state index in [4.69, 9.17) is 17.3 Å². The standard InChI is InChI=1S/C10H9ClIN3S/c1-16-7-3-2-5(11)4-6(7)9-8(12)10(13)15-14-9/h2-4H,1H3,(H3,13,14,15). The highest BCUT2D eigenvalue weighted by molar-refractivity contribution is 14.1. The number of nitrogen functional groups attached to an aromatic ring is 1. The van der Waals surface area contributed by atoms with Crippen molar-refractivity contribution in [3.63, 3.8) is 0 Å². The first kappa shape index (κ1) is 12.1. The van der Waals surface area contributed by atoms with Gasteiger partial charge in [-0.15, -0.1) is 11.8 Å². The third-order valence-electron chi connectivity index (χ3n) is 2.16. The Morgan fingerprint density at radius 3 is 2.81 bits per heavy atom. The van der Waals surface area contributed by atoms with E-state index in [0.717, 1.165) is 19.7 Å². The lowest BCUT2D eigenvalue weighted by Crippen LogP contribution is -1.87. The van der Waals surface area contributed by atoms with Crippen LogP contribution < -0.4 is 5.73 Å². The van der Waals surface area contributed by atoms with E-state index in [1.165, 1.54) is 0 Å². The second-order valence-electron chi connectivity index (χ2n) is 3.14. The van der Waals surface area contributed by atoms with E-state index < -0.39 is 0 Å². The Bertz CT molecular complexity index is 527. The fraction of sp³-hybridized carbons (Fsp3) is 0.100. The summed E-state index contributed by atoms with van der Waals surface area (Å²) < 4.78 is 0.926. The molecule has 1 heterocycles. The molecule has 1 aromatic heterocycles. The Morgan fingerprint density at radius 2 is 2.25 bits per heavy atom. The van der Waals surface area contributed by atoms with E-state index in [-0.39, 0.29) is 0 Å². The number of aromatic nitrogens is 2. The van der Waals surface area contributed by atoms with E-state index in [0.29, 0.717) is 10.8 Å². The van der Waals surface area contributed by atoms with Gasteiger partial charge < -0.3 is 5.73 Å². The van der Waals surface area contributed by atoms with Crippen molar-refractivity contribution in [3.8, 4) is 11.3 Å². The minimum Gasteiger partial charge on any atom is -0.381 e. The molecule has 84 valence electrons. The molecule has 0 aliphatic carbocycles. The second kappa shape index (κ2) is 4.85. The lowest BCUT2D eigenvalue weighted by molar-refractivity contribution is 1.10. The molecule has 0 atom stereocenters. The molecule has 2 rings (SSSR count). The van der Waals surface area contributed by atoms with Crippen LogP contribution in [-0.4, -0.2) is 16.5 Å². The number of nitrogens with two attached hydrogens (primary N) is 1. The molecule has 1 aromatic carbocycles. The lowest BCUT2D eigenvalue weighted by Gasteiger charge is -2.06. The molecule has 0 saturated heterocycles. The van der Waals surface area contributed by atoms with Crippen LogP contribution in [0.5, 0.6) is 0 Å². The maximum Gasteiger partial charge on any atom is 0.159 e. The first-order valence-corrected chi connectivity index (χ1v) is 7.15. The van der Waals surface area contributed by atoms with Gasteiger partial charge in [0, 0.05) is 15.5 Å². The average Bonchev–Trinajstić information content (AvgIpc) is 2.60. The number of halogens is 2. The Hall–Kier alpha value is -0.400. The molecular weight excluding hydrogens is 357 g/mol. The van der Waals surface area contributed by atoms with Gasteiger partial charge in [0.1, 0.15) is 0 Å². The number of H-pyrrole nitrogens is 1. The van der Waals surface area contributed by atoms with Crippen molar-refractivity contribution in [1.29, 1.82) is 0 Å². The van der Waals surface area contributed by atoms with Gasteiger partial charge in [0.15, 0.2) is 5.82 Å². The third kappa shape index (κ3) is 2.16. The average molecular weight is 366 g/mol. The van der Waals surface area contributed by atoms with Crippen LogP contribution in [0.3, 0.4) is 0 Å². The predicted molar refractivity (Wildman–Crippen MR) is 77.9 cm³/mol. The monoisotopic (exact) mass is 365 g/mol. The fourth-order valence-electron chi connectivity index (χ4n) is 1.40. The van der Waals surface area contributed by atoms with Gasteiger partial charge in [0.25, 0.3) is 0 Å². The van der Waals surface area contributed by atoms with Crippen LogP contribution >= 0.6 is 46.0 Å². The summed E-state index contributed by atoms with van der Waals surface area (Å²) in [5, 5.41) is 7.63. The van der Waals surface area contributed by atoms with Crippen LogP contribution in [-0.2, 0) is 0 Å². The van der Waals surface area contributed by atoms with Crippen molar-refractivity contribution in [3.05, 3.63) is 26.8 Å². The van der Waals surface area contributed by atoms with E-state index in [9.17, 15) is 0 Å². The zero-order valence-corrected chi connectivity index (χ0v) is 12.2. The smallest absolute Gasteiger partial charge is 0.159 e. The lowest BCUT2D eigenvalue weighted by atomic mass is 10.1. The number of rotatable bonds is 2. The Balaban J connectivity index is 2.62. The highest BCUT2D eigenvalue weighted by Crippen LogP contribution is 2.35. The summed E-state index contributed by atoms with van der Waals surface area (Å²) in [6.07, 6.45) is 2.03. The van der Waals surface area contributed by atoms with Crippen molar-refractivity contribution in [1.82, 2.24) is 10.2 Å². The molecular formula is C10H9ClIN3S. The molecule has 0 fully saturated rings. The van der Waals surface area contributed by atoms with Crippen molar-refractivity contribution < 1.29 is 0 Å². The molecule has 3 nitrogen and oxygen atoms in total. The van der Waals surface area contributed by atoms with Gasteiger partial charge in [-0.25, -0.2) is 0 Å². The summed E-state index contributed by atoms with van der Waals surface area (Å²) in [5.41, 5.74) is 7.67. The van der Waals surface area contributed by atoms with E-state index in [1.54, 1.807) is 11.8 Å². The van der Waals surface area contributed by atoms with Gasteiger partial charge in [-0.05, 0) is 47.0 Å². The summed E-state index contributed by atoms with van der Waals surface area (Å²) in [6, 6.07) is 5.79. The highest BCUT2D eigenvalue weighted by atomic mass is 127. The maximum absolute atomic E-state index is 6.01. The van der Waals surface area contributed by atoms with Crippen molar-refractivity contribution in [2.75, 3.05) is 12.0 Å². The summed E-state index contributed by atoms with van der Waals surface area (Å²) in [5.74, 6) is 0.516. The summed E-state index contributed by atoms with van der Waals surface area (Å²) >= 11 is 9.85. The third-order valence-corrected chi connectivity index (χ3v) is 4.29. The molecule has 0 saturated carbocycles. The summed E-state index contributed by atoms with van der Waals surface area (Å²) in [7, 11) is 0. The molecule has 0 spiro atoms. The van der Waals surface area contributed by atoms with E-state index in [1.807, 2.05) is 24.5 Å². The Morgan fingerprint density at radius 1 is 1.50 bits per heavy atom. The number of hydrogen-bond acceptors (Lipinski definition) is 3. The first-order valence-electron chi connectivity index (χ1n) is 4.46. The molecule has 0 aliphatic rings. The molecule has 0 radical (unpaired) electrons. The molecule has 16 heavy (non-hydrogen) atoms. The molecule has 2 aromatic rings. The van der Waals surface area contributed by atoms with Crippen molar-refractivity contribution in [2.24, 2.45) is 0 Å². The zero-order valence-electron chi connectivity index (χ0n) is 8.42. The van der Waals surface area contributed by atoms with E-state index in [2.05, 4.69) is 32.8 Å². The van der Waals surface area contributed by atoms with Gasteiger partial charge >= 0.3 is 0 Å². The normalized spacial score (nSPS) is 10.7. The minimum atomic E-state index is 0.516. The molecule has 3 N–H and O–H groups in total. The maximum atomic E-state index is 6.01. The summed E-state index contributed by atoms with van der Waals surface area (Å²) in [6.45, 7) is 0. The van der Waals surface area contributed by atoms with Crippen LogP contribution in [0.4, 0.5) is 5.82 Å². The van der Waals surface area contributed by atoms with Crippen LogP contribution in [0.2, 0.25) is 5.02 Å². The number of aromatic amines is 1. The molecule has 0 unspecified atom stereocenters. The molecule has 0 bridgehead atoms. The van der Waals surface area contributed by atoms with Crippen molar-refractivity contribution in [2.45, 2.75) is 4.90 Å². The largest absolute Gasteiger partial charge is 0.381 e. The Labute approximate surface area is 116 Å². The Kier molecular flexibility index (Phi) is 3.66. The van der Waals surface area contributed by atoms with Gasteiger partial charge in [0.05, 0.1) is 9.26 Å². The van der Waals surface area contributed by atoms with Gasteiger partial charge in [-0.2, -0.15) is 5.10 Å². The van der Waals surface area contributed by atoms with Crippen LogP contribution in [0, 0.1) is 3.57 Å². The first-order chi connectivity index (χ1) is 7.63. The molecule has 0 amide bonds. The van der Waals surface area contributed by atoms with Gasteiger partial charge in [-0.1, -0.05) is 11.6 Å². The highest BCUT2D eigenvalue weighted by Gasteiger charge is 2.13. The topological polar surface area (TPSA) is 54.7 Å². The quantitative estimate of drug-likeness (QED) is 0.631. The van der Waals surface area contributed by atoms with Gasteiger partial charge in [-0.3, -0.25) is 5.10 Å². The minimum absolute atomic E-state index is 0.516. The SMILES string of the molecule is CSc1ccc(Cl)cc1-c1[nH]nc(N)c1I. The fourth-order valence-corrected chi connectivity index (χ4v) is 2.69. The molecule has 6 heteroatoms. The van der Waals surface area contributed by atoms with Crippen LogP contribution in [0.15, 0.2) is 23.1 Å². The van der Waals surface area contributed by atoms with Gasteiger partial charge in [0.2, 0.25) is 0 Å². The van der Waals surface area contributed by atoms with Crippen LogP contribution in [0.1, 0.15) is 0 Å². The number of nitrogens with one attached hydrogen (secondary N) is 1. The van der Waals surface area contributed by atoms with E-state index >= 15 is 0 Å². The number of anilines is 1. The predicted octanol–water partition coefficient (Wildman–Crippen LogP) is 3.64. The second-order valence-corrected chi connectivity index (χ2v) is 5.51. The summed E-state index contributed by atoms with van der Waals surface area (Å²) in [4.78, 5) is 1.14. The van der Waals surface area contributed by atoms with Crippen LogP contribution in [0.25, 0.3) is 11.3 Å². The number of benzene rings is 1. The number of thioether (sulfide) groups is 1. The molecule has 0 aliphatic heterocycles. The van der Waals surface area contributed by atoms with Crippen molar-refractivity contribution >= 4 is 51.8 Å². The number of hydrogen-bond donors (Lipinski definition) is 2.